The first-order chi connectivity index (χ1) is 10.1. The topological polar surface area (TPSA) is 38.3 Å². The van der Waals surface area contributed by atoms with Gasteiger partial charge in [0.1, 0.15) is 6.10 Å². The van der Waals surface area contributed by atoms with Gasteiger partial charge in [-0.3, -0.25) is 4.79 Å². The number of ether oxygens (including phenoxy) is 1. The van der Waals surface area contributed by atoms with Crippen LogP contribution in [0.3, 0.4) is 0 Å². The fraction of sp³-hybridized carbons (Fsp3) is 0.833. The summed E-state index contributed by atoms with van der Waals surface area (Å²) in [6.07, 6.45) is 8.66. The van der Waals surface area contributed by atoms with Crippen LogP contribution in [0, 0.1) is 17.8 Å². The molecular formula is C18H31NO2. The van der Waals surface area contributed by atoms with Crippen LogP contribution in [-0.4, -0.2) is 24.7 Å². The maximum Gasteiger partial charge on any atom is 0.223 e. The highest BCUT2D eigenvalue weighted by atomic mass is 16.5. The molecule has 0 radical (unpaired) electrons. The van der Waals surface area contributed by atoms with Crippen LogP contribution in [-0.2, 0) is 9.53 Å². The van der Waals surface area contributed by atoms with Gasteiger partial charge in [-0.05, 0) is 39.0 Å². The predicted molar refractivity (Wildman–Crippen MR) is 86.9 cm³/mol. The van der Waals surface area contributed by atoms with E-state index in [0.29, 0.717) is 6.61 Å². The Labute approximate surface area is 130 Å². The molecule has 0 aromatic carbocycles. The average molecular weight is 293 g/mol. The molecule has 3 heteroatoms. The lowest BCUT2D eigenvalue weighted by atomic mass is 10.1. The fourth-order valence-corrected chi connectivity index (χ4v) is 2.51. The van der Waals surface area contributed by atoms with E-state index in [9.17, 15) is 4.79 Å². The lowest BCUT2D eigenvalue weighted by molar-refractivity contribution is -0.125. The standard InChI is InChI=1S/C18H31NO2/c1-4-10-16(3)19-18(20)15(2)13-14-21-17-11-8-6-5-7-9-12-17/h15-17H,4-8,10-11,13-14H2,1-3H3,(H,19,20). The molecule has 1 aliphatic rings. The second-order valence-corrected chi connectivity index (χ2v) is 6.17. The third-order valence-electron chi connectivity index (χ3n) is 3.96. The fourth-order valence-electron chi connectivity index (χ4n) is 2.51. The van der Waals surface area contributed by atoms with Gasteiger partial charge in [-0.1, -0.05) is 32.6 Å². The van der Waals surface area contributed by atoms with Crippen molar-refractivity contribution in [1.29, 1.82) is 0 Å². The highest BCUT2D eigenvalue weighted by Gasteiger charge is 2.15. The minimum atomic E-state index is 0.00539. The molecule has 0 aromatic heterocycles. The van der Waals surface area contributed by atoms with Gasteiger partial charge in [0, 0.05) is 25.0 Å². The van der Waals surface area contributed by atoms with Crippen LogP contribution in [0.15, 0.2) is 0 Å². The molecule has 1 N–H and O–H groups in total. The Hall–Kier alpha value is -1.01. The van der Waals surface area contributed by atoms with E-state index in [4.69, 9.17) is 4.74 Å². The average Bonchev–Trinajstić information content (AvgIpc) is 2.40. The van der Waals surface area contributed by atoms with Gasteiger partial charge in [-0.2, -0.15) is 0 Å². The van der Waals surface area contributed by atoms with Crippen LogP contribution in [0.1, 0.15) is 72.1 Å². The molecule has 3 unspecified atom stereocenters. The van der Waals surface area contributed by atoms with E-state index in [1.807, 2.05) is 6.92 Å². The highest BCUT2D eigenvalue weighted by molar-refractivity contribution is 5.78. The van der Waals surface area contributed by atoms with Crippen molar-refractivity contribution in [2.45, 2.75) is 84.3 Å². The molecule has 0 aliphatic heterocycles. The number of carbonyl (C=O) groups excluding carboxylic acids is 1. The number of amides is 1. The zero-order chi connectivity index (χ0) is 15.5. The summed E-state index contributed by atoms with van der Waals surface area (Å²) in [7, 11) is 0. The van der Waals surface area contributed by atoms with Gasteiger partial charge in [0.25, 0.3) is 0 Å². The van der Waals surface area contributed by atoms with Crippen LogP contribution in [0.5, 0.6) is 0 Å². The van der Waals surface area contributed by atoms with E-state index in [-0.39, 0.29) is 24.0 Å². The number of nitrogens with one attached hydrogen (secondary N) is 1. The SMILES string of the molecule is CCCC(C)NC(=O)C(C)CCOC1C#CCCCCC1. The monoisotopic (exact) mass is 293 g/mol. The number of rotatable bonds is 8. The Kier molecular flexibility index (Phi) is 9.17. The molecule has 0 spiro atoms. The van der Waals surface area contributed by atoms with Crippen molar-refractivity contribution in [3.63, 3.8) is 0 Å². The minimum Gasteiger partial charge on any atom is -0.366 e. The first-order valence-electron chi connectivity index (χ1n) is 8.53. The van der Waals surface area contributed by atoms with Crippen LogP contribution in [0.2, 0.25) is 0 Å². The van der Waals surface area contributed by atoms with Crippen LogP contribution >= 0.6 is 0 Å². The third-order valence-corrected chi connectivity index (χ3v) is 3.96. The summed E-state index contributed by atoms with van der Waals surface area (Å²) in [5.41, 5.74) is 0. The van der Waals surface area contributed by atoms with Gasteiger partial charge in [0.2, 0.25) is 5.91 Å². The molecule has 3 nitrogen and oxygen atoms in total. The van der Waals surface area contributed by atoms with E-state index in [0.717, 1.165) is 32.1 Å². The molecule has 0 bridgehead atoms. The van der Waals surface area contributed by atoms with E-state index >= 15 is 0 Å². The lowest BCUT2D eigenvalue weighted by Crippen LogP contribution is -2.36. The molecule has 0 saturated carbocycles. The van der Waals surface area contributed by atoms with Crippen molar-refractivity contribution in [3.05, 3.63) is 0 Å². The molecule has 3 atom stereocenters. The molecule has 0 saturated heterocycles. The van der Waals surface area contributed by atoms with Gasteiger partial charge < -0.3 is 10.1 Å². The molecule has 0 heterocycles. The number of carbonyl (C=O) groups is 1. The van der Waals surface area contributed by atoms with Crippen molar-refractivity contribution < 1.29 is 9.53 Å². The van der Waals surface area contributed by atoms with Crippen molar-refractivity contribution in [1.82, 2.24) is 5.32 Å². The largest absolute Gasteiger partial charge is 0.366 e. The Morgan fingerprint density at radius 3 is 2.86 bits per heavy atom. The molecule has 0 aromatic rings. The van der Waals surface area contributed by atoms with Crippen LogP contribution < -0.4 is 5.32 Å². The van der Waals surface area contributed by atoms with E-state index in [1.165, 1.54) is 19.3 Å². The molecular weight excluding hydrogens is 262 g/mol. The zero-order valence-corrected chi connectivity index (χ0v) is 13.9. The summed E-state index contributed by atoms with van der Waals surface area (Å²) in [5.74, 6) is 6.53. The van der Waals surface area contributed by atoms with Crippen LogP contribution in [0.4, 0.5) is 0 Å². The van der Waals surface area contributed by atoms with Crippen molar-refractivity contribution in [2.24, 2.45) is 5.92 Å². The molecule has 120 valence electrons. The molecule has 0 fully saturated rings. The summed E-state index contributed by atoms with van der Waals surface area (Å²) in [4.78, 5) is 12.0. The maximum atomic E-state index is 12.0. The van der Waals surface area contributed by atoms with E-state index < -0.39 is 0 Å². The summed E-state index contributed by atoms with van der Waals surface area (Å²) in [6, 6.07) is 0.266. The van der Waals surface area contributed by atoms with Gasteiger partial charge >= 0.3 is 0 Å². The molecule has 1 rings (SSSR count). The number of hydrogen-bond acceptors (Lipinski definition) is 2. The first-order valence-corrected chi connectivity index (χ1v) is 8.53. The lowest BCUT2D eigenvalue weighted by Gasteiger charge is -2.18. The van der Waals surface area contributed by atoms with Gasteiger partial charge in [0.15, 0.2) is 0 Å². The highest BCUT2D eigenvalue weighted by Crippen LogP contribution is 2.12. The van der Waals surface area contributed by atoms with Gasteiger partial charge in [-0.15, -0.1) is 5.92 Å². The predicted octanol–water partition coefficient (Wildman–Crippen LogP) is 3.67. The Balaban J connectivity index is 2.22. The van der Waals surface area contributed by atoms with Gasteiger partial charge in [-0.25, -0.2) is 0 Å². The quantitative estimate of drug-likeness (QED) is 0.693. The summed E-state index contributed by atoms with van der Waals surface area (Å²) >= 11 is 0. The molecule has 1 amide bonds. The summed E-state index contributed by atoms with van der Waals surface area (Å²) in [6.45, 7) is 6.79. The Morgan fingerprint density at radius 1 is 1.29 bits per heavy atom. The summed E-state index contributed by atoms with van der Waals surface area (Å²) in [5, 5.41) is 3.06. The maximum absolute atomic E-state index is 12.0. The number of hydrogen-bond donors (Lipinski definition) is 1. The second-order valence-electron chi connectivity index (χ2n) is 6.17. The van der Waals surface area contributed by atoms with Crippen molar-refractivity contribution in [2.75, 3.05) is 6.61 Å². The smallest absolute Gasteiger partial charge is 0.223 e. The van der Waals surface area contributed by atoms with Crippen molar-refractivity contribution >= 4 is 5.91 Å². The summed E-state index contributed by atoms with van der Waals surface area (Å²) < 4.78 is 5.84. The third kappa shape index (κ3) is 8.12. The molecule has 21 heavy (non-hydrogen) atoms. The van der Waals surface area contributed by atoms with E-state index in [2.05, 4.69) is 31.0 Å². The van der Waals surface area contributed by atoms with Crippen molar-refractivity contribution in [3.8, 4) is 11.8 Å². The van der Waals surface area contributed by atoms with Gasteiger partial charge in [0.05, 0.1) is 0 Å². The molecule has 1 aliphatic carbocycles. The second kappa shape index (κ2) is 10.7. The van der Waals surface area contributed by atoms with Crippen LogP contribution in [0.25, 0.3) is 0 Å². The van der Waals surface area contributed by atoms with E-state index in [1.54, 1.807) is 0 Å². The minimum absolute atomic E-state index is 0.00539. The normalized spacial score (nSPS) is 21.4. The Morgan fingerprint density at radius 2 is 2.10 bits per heavy atom. The zero-order valence-electron chi connectivity index (χ0n) is 13.9. The Bertz CT molecular complexity index is 356. The first kappa shape index (κ1) is 18.0.